The Morgan fingerprint density at radius 3 is 1.14 bits per heavy atom. The average Bonchev–Trinajstić information content (AvgIpc) is 2.60. The van der Waals surface area contributed by atoms with Gasteiger partial charge in [-0.15, -0.1) is 4.31 Å². The molecule has 0 spiro atoms. The summed E-state index contributed by atoms with van der Waals surface area (Å²) < 4.78 is 51.2. The molecule has 2 aromatic carbocycles. The van der Waals surface area contributed by atoms with Crippen LogP contribution in [-0.4, -0.2) is 0 Å². The highest BCUT2D eigenvalue weighted by molar-refractivity contribution is 7.63. The van der Waals surface area contributed by atoms with Gasteiger partial charge in [0.25, 0.3) is 0 Å². The first-order valence-electron chi connectivity index (χ1n) is 5.93. The summed E-state index contributed by atoms with van der Waals surface area (Å²) in [5.74, 6) is 0.395. The summed E-state index contributed by atoms with van der Waals surface area (Å²) >= 11 is 0. The van der Waals surface area contributed by atoms with Crippen molar-refractivity contribution in [1.29, 1.82) is 0 Å². The van der Waals surface area contributed by atoms with Crippen molar-refractivity contribution in [2.24, 2.45) is 0 Å². The maximum Gasteiger partial charge on any atom is 0.598 e. The van der Waals surface area contributed by atoms with Crippen LogP contribution in [0.15, 0.2) is 48.5 Å². The lowest BCUT2D eigenvalue weighted by Crippen LogP contribution is -2.01. The topological polar surface area (TPSA) is 80.3 Å². The summed E-state index contributed by atoms with van der Waals surface area (Å²) in [5.41, 5.74) is 0. The zero-order valence-corrected chi connectivity index (χ0v) is 12.2. The molecule has 2 bridgehead atoms. The van der Waals surface area contributed by atoms with Crippen molar-refractivity contribution in [2.45, 2.75) is 0 Å². The maximum absolute atomic E-state index is 12.6. The zero-order valence-electron chi connectivity index (χ0n) is 10.4. The van der Waals surface area contributed by atoms with Crippen molar-refractivity contribution in [2.75, 3.05) is 0 Å². The second kappa shape index (κ2) is 4.28. The van der Waals surface area contributed by atoms with Crippen LogP contribution in [0.5, 0.6) is 23.0 Å². The molecule has 0 saturated heterocycles. The van der Waals surface area contributed by atoms with E-state index in [2.05, 4.69) is 0 Å². The molecule has 9 heteroatoms. The lowest BCUT2D eigenvalue weighted by molar-refractivity contribution is 0.275. The average molecular weight is 326 g/mol. The molecule has 2 heterocycles. The number of hydrogen-bond donors (Lipinski definition) is 0. The smallest absolute Gasteiger partial charge is 0.391 e. The Kier molecular flexibility index (Phi) is 2.60. The first-order valence-corrected chi connectivity index (χ1v) is 8.85. The maximum atomic E-state index is 12.6. The lowest BCUT2D eigenvalue weighted by atomic mass is 10.3. The van der Waals surface area contributed by atoms with E-state index < -0.39 is 15.6 Å². The van der Waals surface area contributed by atoms with Gasteiger partial charge in [0.2, 0.25) is 0 Å². The molecule has 0 radical (unpaired) electrons. The van der Waals surface area contributed by atoms with E-state index in [0.717, 1.165) is 0 Å². The molecule has 0 amide bonds. The van der Waals surface area contributed by atoms with Crippen molar-refractivity contribution in [1.82, 2.24) is 0 Å². The van der Waals surface area contributed by atoms with Gasteiger partial charge in [0, 0.05) is 0 Å². The molecule has 2 aliphatic rings. The van der Waals surface area contributed by atoms with Crippen LogP contribution in [0, 0.1) is 0 Å². The van der Waals surface area contributed by atoms with Gasteiger partial charge in [-0.25, -0.2) is 9.13 Å². The van der Waals surface area contributed by atoms with E-state index in [1.165, 1.54) is 24.3 Å². The van der Waals surface area contributed by atoms with Crippen molar-refractivity contribution in [3.63, 3.8) is 0 Å². The molecular formula is C12H8O7P2. The summed E-state index contributed by atoms with van der Waals surface area (Å²) in [6, 6.07) is 12.6. The summed E-state index contributed by atoms with van der Waals surface area (Å²) in [5, 5.41) is 0. The summed E-state index contributed by atoms with van der Waals surface area (Å²) in [6.45, 7) is 0. The molecule has 0 fully saturated rings. The third kappa shape index (κ3) is 2.20. The van der Waals surface area contributed by atoms with Gasteiger partial charge in [-0.05, 0) is 24.3 Å². The standard InChI is InChI=1S/C12H8O7P2/c13-20-15-9-5-1-2-6-10(9)16-21(14,19-20)18-12-8-4-3-7-11(12)17-20/h1-8H. The van der Waals surface area contributed by atoms with Crippen LogP contribution in [-0.2, 0) is 13.4 Å². The van der Waals surface area contributed by atoms with Gasteiger partial charge < -0.3 is 18.1 Å². The minimum atomic E-state index is -4.19. The van der Waals surface area contributed by atoms with E-state index in [4.69, 9.17) is 22.4 Å². The molecule has 108 valence electrons. The molecule has 0 aromatic heterocycles. The number of phosphoric acid groups is 2. The second-order valence-corrected chi connectivity index (χ2v) is 7.41. The first-order chi connectivity index (χ1) is 10.1. The third-order valence-electron chi connectivity index (χ3n) is 2.74. The van der Waals surface area contributed by atoms with Gasteiger partial charge >= 0.3 is 15.6 Å². The number of hydrogen-bond acceptors (Lipinski definition) is 7. The van der Waals surface area contributed by atoms with Crippen molar-refractivity contribution < 1.29 is 31.5 Å². The van der Waals surface area contributed by atoms with Gasteiger partial charge in [-0.2, -0.15) is 0 Å². The molecule has 0 atom stereocenters. The SMILES string of the molecule is O=P12Oc3ccccc3OP(=O)(Oc3ccccc3O1)O2. The van der Waals surface area contributed by atoms with Crippen LogP contribution in [0.4, 0.5) is 0 Å². The predicted molar refractivity (Wildman–Crippen MR) is 71.7 cm³/mol. The highest BCUT2D eigenvalue weighted by atomic mass is 31.3. The molecule has 4 rings (SSSR count). The van der Waals surface area contributed by atoms with E-state index in [1.807, 2.05) is 0 Å². The number of benzene rings is 2. The second-order valence-electron chi connectivity index (χ2n) is 4.23. The molecule has 0 unspecified atom stereocenters. The Hall–Kier alpha value is -1.94. The molecule has 2 aromatic rings. The molecule has 21 heavy (non-hydrogen) atoms. The van der Waals surface area contributed by atoms with Crippen LogP contribution in [0.25, 0.3) is 0 Å². The largest absolute Gasteiger partial charge is 0.598 e. The van der Waals surface area contributed by atoms with E-state index in [1.54, 1.807) is 24.3 Å². The fourth-order valence-electron chi connectivity index (χ4n) is 1.91. The van der Waals surface area contributed by atoms with E-state index in [0.29, 0.717) is 0 Å². The Balaban J connectivity index is 1.91. The van der Waals surface area contributed by atoms with Gasteiger partial charge in [-0.1, -0.05) is 24.3 Å². The Morgan fingerprint density at radius 1 is 0.571 bits per heavy atom. The normalized spacial score (nSPS) is 29.1. The van der Waals surface area contributed by atoms with Crippen LogP contribution >= 0.6 is 15.6 Å². The van der Waals surface area contributed by atoms with E-state index >= 15 is 0 Å². The van der Waals surface area contributed by atoms with Gasteiger partial charge in [0.1, 0.15) is 0 Å². The third-order valence-corrected chi connectivity index (χ3v) is 6.02. The minimum Gasteiger partial charge on any atom is -0.391 e. The Labute approximate surface area is 119 Å². The van der Waals surface area contributed by atoms with Gasteiger partial charge in [-0.3, -0.25) is 0 Å². The van der Waals surface area contributed by atoms with Crippen molar-refractivity contribution in [3.05, 3.63) is 48.5 Å². The summed E-state index contributed by atoms with van der Waals surface area (Å²) in [7, 11) is -8.39. The van der Waals surface area contributed by atoms with Gasteiger partial charge in [0.15, 0.2) is 23.0 Å². The number of phosphoric ester groups is 2. The molecule has 0 aliphatic carbocycles. The molecule has 0 saturated carbocycles. The van der Waals surface area contributed by atoms with Crippen LogP contribution in [0.1, 0.15) is 0 Å². The Morgan fingerprint density at radius 2 is 0.857 bits per heavy atom. The number of fused-ring (bicyclic) bond motifs is 4. The monoisotopic (exact) mass is 326 g/mol. The van der Waals surface area contributed by atoms with E-state index in [9.17, 15) is 9.13 Å². The number of para-hydroxylation sites is 4. The highest BCUT2D eigenvalue weighted by Gasteiger charge is 2.52. The highest BCUT2D eigenvalue weighted by Crippen LogP contribution is 2.71. The quantitative estimate of drug-likeness (QED) is 0.672. The van der Waals surface area contributed by atoms with Crippen LogP contribution < -0.4 is 18.1 Å². The summed E-state index contributed by atoms with van der Waals surface area (Å²) in [6.07, 6.45) is 0. The molecule has 2 aliphatic heterocycles. The zero-order chi connectivity index (χ0) is 14.5. The first kappa shape index (κ1) is 12.8. The Bertz CT molecular complexity index is 693. The van der Waals surface area contributed by atoms with Crippen LogP contribution in [0.2, 0.25) is 0 Å². The fraction of sp³-hybridized carbons (Fsp3) is 0. The number of rotatable bonds is 0. The van der Waals surface area contributed by atoms with Gasteiger partial charge in [0.05, 0.1) is 0 Å². The van der Waals surface area contributed by atoms with E-state index in [-0.39, 0.29) is 23.0 Å². The van der Waals surface area contributed by atoms with Crippen molar-refractivity contribution >= 4 is 15.6 Å². The predicted octanol–water partition coefficient (Wildman–Crippen LogP) is 4.16. The summed E-state index contributed by atoms with van der Waals surface area (Å²) in [4.78, 5) is 0. The molecule has 7 nitrogen and oxygen atoms in total. The van der Waals surface area contributed by atoms with Crippen LogP contribution in [0.3, 0.4) is 0 Å². The minimum absolute atomic E-state index is 0.0986. The lowest BCUT2D eigenvalue weighted by Gasteiger charge is -2.13. The van der Waals surface area contributed by atoms with Crippen molar-refractivity contribution in [3.8, 4) is 23.0 Å². The fourth-order valence-corrected chi connectivity index (χ4v) is 5.06. The molecular weight excluding hydrogens is 318 g/mol. The molecule has 0 N–H and O–H groups in total.